The minimum atomic E-state index is -3.50. The van der Waals surface area contributed by atoms with Gasteiger partial charge in [-0.3, -0.25) is 5.10 Å². The van der Waals surface area contributed by atoms with Crippen LogP contribution in [0.5, 0.6) is 0 Å². The lowest BCUT2D eigenvalue weighted by molar-refractivity contribution is 0.547. The van der Waals surface area contributed by atoms with E-state index in [1.165, 1.54) is 0 Å². The van der Waals surface area contributed by atoms with Crippen molar-refractivity contribution in [1.29, 1.82) is 0 Å². The second-order valence-corrected chi connectivity index (χ2v) is 6.32. The fraction of sp³-hybridized carbons (Fsp3) is 0.700. The summed E-state index contributed by atoms with van der Waals surface area (Å²) in [5.41, 5.74) is 6.90. The second kappa shape index (κ2) is 5.56. The Hall–Kier alpha value is -0.630. The number of nitrogens with one attached hydrogen (secondary N) is 2. The van der Waals surface area contributed by atoms with Crippen LogP contribution in [0.4, 0.5) is 0 Å². The number of sulfonamides is 1. The molecule has 1 aromatic heterocycles. The lowest BCUT2D eigenvalue weighted by Gasteiger charge is -2.12. The predicted molar refractivity (Wildman–Crippen MR) is 71.2 cm³/mol. The number of nitrogens with two attached hydrogens (primary N) is 1. The van der Waals surface area contributed by atoms with E-state index in [2.05, 4.69) is 14.9 Å². The Bertz CT molecular complexity index is 490. The molecule has 1 aromatic rings. The first-order valence-corrected chi connectivity index (χ1v) is 7.17. The minimum Gasteiger partial charge on any atom is -0.326 e. The highest BCUT2D eigenvalue weighted by Gasteiger charge is 2.30. The largest absolute Gasteiger partial charge is 0.326 e. The summed E-state index contributed by atoms with van der Waals surface area (Å²) in [5, 5.41) is 6.55. The van der Waals surface area contributed by atoms with Crippen molar-refractivity contribution in [3.05, 3.63) is 11.4 Å². The molecule has 2 rings (SSSR count). The van der Waals surface area contributed by atoms with Crippen molar-refractivity contribution in [2.75, 3.05) is 6.54 Å². The van der Waals surface area contributed by atoms with Crippen LogP contribution in [0.15, 0.2) is 4.90 Å². The van der Waals surface area contributed by atoms with Gasteiger partial charge in [0.1, 0.15) is 4.90 Å². The molecule has 1 aliphatic rings. The van der Waals surface area contributed by atoms with Crippen LogP contribution in [-0.2, 0) is 10.0 Å². The number of nitrogens with zero attached hydrogens (tertiary/aromatic N) is 1. The van der Waals surface area contributed by atoms with E-state index in [4.69, 9.17) is 5.73 Å². The number of rotatable bonds is 5. The summed E-state index contributed by atoms with van der Waals surface area (Å²) in [6.07, 6.45) is 2.21. The Morgan fingerprint density at radius 2 is 2.11 bits per heavy atom. The molecule has 0 spiro atoms. The van der Waals surface area contributed by atoms with Gasteiger partial charge >= 0.3 is 0 Å². The van der Waals surface area contributed by atoms with Gasteiger partial charge in [-0.1, -0.05) is 0 Å². The van der Waals surface area contributed by atoms with Gasteiger partial charge in [-0.2, -0.15) is 5.10 Å². The third-order valence-electron chi connectivity index (χ3n) is 3.07. The molecule has 1 atom stereocenters. The molecular weight excluding hydrogens is 276 g/mol. The van der Waals surface area contributed by atoms with Crippen LogP contribution in [0.3, 0.4) is 0 Å². The summed E-state index contributed by atoms with van der Waals surface area (Å²) < 4.78 is 26.7. The maximum Gasteiger partial charge on any atom is 0.244 e. The molecule has 1 fully saturated rings. The molecule has 4 N–H and O–H groups in total. The fourth-order valence-electron chi connectivity index (χ4n) is 1.91. The number of hydrogen-bond donors (Lipinski definition) is 3. The van der Waals surface area contributed by atoms with Gasteiger partial charge in [0.15, 0.2) is 0 Å². The first kappa shape index (κ1) is 15.4. The average molecular weight is 295 g/mol. The van der Waals surface area contributed by atoms with Crippen LogP contribution in [0.25, 0.3) is 0 Å². The molecule has 0 saturated heterocycles. The number of aryl methyl sites for hydroxylation is 2. The van der Waals surface area contributed by atoms with Crippen LogP contribution in [0.2, 0.25) is 0 Å². The molecule has 0 aliphatic heterocycles. The molecule has 1 aliphatic carbocycles. The molecule has 0 radical (unpaired) electrons. The molecule has 18 heavy (non-hydrogen) atoms. The first-order valence-electron chi connectivity index (χ1n) is 5.68. The van der Waals surface area contributed by atoms with Crippen molar-refractivity contribution in [2.24, 2.45) is 11.7 Å². The van der Waals surface area contributed by atoms with E-state index in [1.54, 1.807) is 13.8 Å². The van der Waals surface area contributed by atoms with Crippen molar-refractivity contribution in [2.45, 2.75) is 37.6 Å². The Morgan fingerprint density at radius 3 is 2.56 bits per heavy atom. The zero-order chi connectivity index (χ0) is 12.6. The van der Waals surface area contributed by atoms with E-state index in [1.807, 2.05) is 0 Å². The van der Waals surface area contributed by atoms with Crippen LogP contribution < -0.4 is 10.5 Å². The van der Waals surface area contributed by atoms with Crippen molar-refractivity contribution in [1.82, 2.24) is 14.9 Å². The summed E-state index contributed by atoms with van der Waals surface area (Å²) >= 11 is 0. The van der Waals surface area contributed by atoms with Crippen molar-refractivity contribution in [3.63, 3.8) is 0 Å². The van der Waals surface area contributed by atoms with E-state index < -0.39 is 10.0 Å². The van der Waals surface area contributed by atoms with Crippen molar-refractivity contribution < 1.29 is 8.42 Å². The lowest BCUT2D eigenvalue weighted by Crippen LogP contribution is -2.38. The molecular formula is C10H19ClN4O2S. The molecule has 0 aromatic carbocycles. The third kappa shape index (κ3) is 3.23. The number of aromatic amines is 1. The van der Waals surface area contributed by atoms with Gasteiger partial charge in [0.2, 0.25) is 10.0 Å². The van der Waals surface area contributed by atoms with Gasteiger partial charge in [0.25, 0.3) is 0 Å². The van der Waals surface area contributed by atoms with Gasteiger partial charge in [-0.15, -0.1) is 12.4 Å². The average Bonchev–Trinajstić information content (AvgIpc) is 3.02. The van der Waals surface area contributed by atoms with Crippen LogP contribution in [0, 0.1) is 19.8 Å². The molecule has 104 valence electrons. The SMILES string of the molecule is Cc1n[nH]c(C)c1S(=O)(=O)NCC(N)C1CC1.Cl. The first-order chi connectivity index (χ1) is 7.92. The van der Waals surface area contributed by atoms with E-state index in [9.17, 15) is 8.42 Å². The third-order valence-corrected chi connectivity index (χ3v) is 4.75. The zero-order valence-corrected chi connectivity index (χ0v) is 12.1. The smallest absolute Gasteiger partial charge is 0.244 e. The monoisotopic (exact) mass is 294 g/mol. The molecule has 0 amide bonds. The van der Waals surface area contributed by atoms with Gasteiger partial charge in [0, 0.05) is 12.6 Å². The predicted octanol–water partition coefficient (Wildman–Crippen LogP) is 0.464. The summed E-state index contributed by atoms with van der Waals surface area (Å²) in [6, 6.07) is -0.0858. The van der Waals surface area contributed by atoms with Gasteiger partial charge in [-0.05, 0) is 32.6 Å². The molecule has 1 unspecified atom stereocenters. The normalized spacial score (nSPS) is 17.3. The fourth-order valence-corrected chi connectivity index (χ4v) is 3.35. The molecule has 1 saturated carbocycles. The number of halogens is 1. The molecule has 8 heteroatoms. The number of hydrogen-bond acceptors (Lipinski definition) is 4. The van der Waals surface area contributed by atoms with E-state index in [-0.39, 0.29) is 29.9 Å². The highest BCUT2D eigenvalue weighted by molar-refractivity contribution is 7.89. The Balaban J connectivity index is 0.00000162. The maximum atomic E-state index is 12.1. The zero-order valence-electron chi connectivity index (χ0n) is 10.4. The molecule has 1 heterocycles. The lowest BCUT2D eigenvalue weighted by atomic mass is 10.2. The van der Waals surface area contributed by atoms with Crippen molar-refractivity contribution in [3.8, 4) is 0 Å². The summed E-state index contributed by atoms with van der Waals surface area (Å²) in [5.74, 6) is 0.476. The molecule has 0 bridgehead atoms. The number of H-pyrrole nitrogens is 1. The summed E-state index contributed by atoms with van der Waals surface area (Å²) in [6.45, 7) is 3.64. The Kier molecular flexibility index (Phi) is 4.77. The van der Waals surface area contributed by atoms with Crippen LogP contribution in [0.1, 0.15) is 24.2 Å². The summed E-state index contributed by atoms with van der Waals surface area (Å²) in [7, 11) is -3.50. The maximum absolute atomic E-state index is 12.1. The summed E-state index contributed by atoms with van der Waals surface area (Å²) in [4.78, 5) is 0.237. The quantitative estimate of drug-likeness (QED) is 0.734. The van der Waals surface area contributed by atoms with Crippen LogP contribution >= 0.6 is 12.4 Å². The second-order valence-electron chi connectivity index (χ2n) is 4.62. The van der Waals surface area contributed by atoms with Crippen LogP contribution in [-0.4, -0.2) is 31.2 Å². The Labute approximate surface area is 113 Å². The highest BCUT2D eigenvalue weighted by atomic mass is 35.5. The standard InChI is InChI=1S/C10H18N4O2S.ClH/c1-6-10(7(2)14-13-6)17(15,16)12-5-9(11)8-3-4-8;/h8-9,12H,3-5,11H2,1-2H3,(H,13,14);1H. The Morgan fingerprint density at radius 1 is 1.50 bits per heavy atom. The van der Waals surface area contributed by atoms with E-state index in [0.717, 1.165) is 12.8 Å². The number of aromatic nitrogens is 2. The van der Waals surface area contributed by atoms with E-state index in [0.29, 0.717) is 17.3 Å². The highest BCUT2D eigenvalue weighted by Crippen LogP contribution is 2.31. The minimum absolute atomic E-state index is 0. The van der Waals surface area contributed by atoms with Gasteiger partial charge in [-0.25, -0.2) is 13.1 Å². The van der Waals surface area contributed by atoms with E-state index >= 15 is 0 Å². The topological polar surface area (TPSA) is 101 Å². The van der Waals surface area contributed by atoms with Crippen molar-refractivity contribution >= 4 is 22.4 Å². The van der Waals surface area contributed by atoms with Gasteiger partial charge in [0.05, 0.1) is 11.4 Å². The molecule has 6 nitrogen and oxygen atoms in total. The van der Waals surface area contributed by atoms with Gasteiger partial charge < -0.3 is 5.73 Å².